The normalized spacial score (nSPS) is 10.8. The number of nitrogens with zero attached hydrogens (tertiary/aromatic N) is 2. The number of hydrogen-bond donors (Lipinski definition) is 2. The number of nitro benzene ring substituents is 1. The summed E-state index contributed by atoms with van der Waals surface area (Å²) in [6.45, 7) is 3.71. The SMILES string of the molecule is COCCNCc1cn[nH]c1-c1ccc(C)c([N+](=O)[O-])c1. The molecule has 2 aromatic rings. The molecule has 21 heavy (non-hydrogen) atoms. The lowest BCUT2D eigenvalue weighted by Gasteiger charge is -2.06. The fourth-order valence-corrected chi connectivity index (χ4v) is 2.05. The molecule has 0 aliphatic rings. The van der Waals surface area contributed by atoms with Crippen LogP contribution in [0, 0.1) is 17.0 Å². The Labute approximate surface area is 122 Å². The van der Waals surface area contributed by atoms with E-state index in [-0.39, 0.29) is 10.6 Å². The Balaban J connectivity index is 2.21. The van der Waals surface area contributed by atoms with Crippen molar-refractivity contribution in [1.29, 1.82) is 0 Å². The number of nitrogens with one attached hydrogen (secondary N) is 2. The monoisotopic (exact) mass is 290 g/mol. The summed E-state index contributed by atoms with van der Waals surface area (Å²) in [5, 5.41) is 21.2. The summed E-state index contributed by atoms with van der Waals surface area (Å²) in [6.07, 6.45) is 1.72. The fraction of sp³-hybridized carbons (Fsp3) is 0.357. The van der Waals surface area contributed by atoms with E-state index in [1.54, 1.807) is 32.4 Å². The molecule has 0 bridgehead atoms. The van der Waals surface area contributed by atoms with Crippen LogP contribution in [0.2, 0.25) is 0 Å². The second kappa shape index (κ2) is 6.96. The third-order valence-electron chi connectivity index (χ3n) is 3.21. The van der Waals surface area contributed by atoms with Gasteiger partial charge >= 0.3 is 0 Å². The molecule has 2 N–H and O–H groups in total. The van der Waals surface area contributed by atoms with Gasteiger partial charge in [0.2, 0.25) is 0 Å². The highest BCUT2D eigenvalue weighted by Crippen LogP contribution is 2.27. The molecular weight excluding hydrogens is 272 g/mol. The topological polar surface area (TPSA) is 93.1 Å². The molecular formula is C14H18N4O3. The first-order valence-electron chi connectivity index (χ1n) is 6.60. The van der Waals surface area contributed by atoms with Crippen molar-refractivity contribution in [3.63, 3.8) is 0 Å². The zero-order chi connectivity index (χ0) is 15.2. The molecule has 112 valence electrons. The molecule has 7 nitrogen and oxygen atoms in total. The molecule has 1 aromatic carbocycles. The van der Waals surface area contributed by atoms with Gasteiger partial charge in [0.15, 0.2) is 0 Å². The average molecular weight is 290 g/mol. The summed E-state index contributed by atoms with van der Waals surface area (Å²) in [6, 6.07) is 5.17. The number of nitro groups is 1. The maximum atomic E-state index is 11.0. The molecule has 1 aromatic heterocycles. The van der Waals surface area contributed by atoms with Gasteiger partial charge in [-0.15, -0.1) is 0 Å². The zero-order valence-electron chi connectivity index (χ0n) is 12.0. The van der Waals surface area contributed by atoms with E-state index in [4.69, 9.17) is 4.74 Å². The molecule has 0 saturated heterocycles. The minimum atomic E-state index is -0.369. The van der Waals surface area contributed by atoms with Gasteiger partial charge in [0.05, 0.1) is 23.4 Å². The fourth-order valence-electron chi connectivity index (χ4n) is 2.05. The number of H-pyrrole nitrogens is 1. The predicted molar refractivity (Wildman–Crippen MR) is 79.0 cm³/mol. The Morgan fingerprint density at radius 3 is 3.00 bits per heavy atom. The average Bonchev–Trinajstić information content (AvgIpc) is 2.92. The van der Waals surface area contributed by atoms with Crippen LogP contribution < -0.4 is 5.32 Å². The van der Waals surface area contributed by atoms with E-state index < -0.39 is 0 Å². The van der Waals surface area contributed by atoms with Crippen LogP contribution in [-0.2, 0) is 11.3 Å². The van der Waals surface area contributed by atoms with Crippen LogP contribution >= 0.6 is 0 Å². The molecule has 0 unspecified atom stereocenters. The third-order valence-corrected chi connectivity index (χ3v) is 3.21. The number of rotatable bonds is 7. The van der Waals surface area contributed by atoms with Crippen LogP contribution in [0.25, 0.3) is 11.3 Å². The maximum absolute atomic E-state index is 11.0. The lowest BCUT2D eigenvalue weighted by Crippen LogP contribution is -2.18. The summed E-state index contributed by atoms with van der Waals surface area (Å²) in [7, 11) is 1.65. The number of benzene rings is 1. The smallest absolute Gasteiger partial charge is 0.272 e. The lowest BCUT2D eigenvalue weighted by atomic mass is 10.0. The van der Waals surface area contributed by atoms with E-state index >= 15 is 0 Å². The summed E-state index contributed by atoms with van der Waals surface area (Å²) < 4.78 is 4.97. The van der Waals surface area contributed by atoms with Crippen molar-refractivity contribution in [1.82, 2.24) is 15.5 Å². The van der Waals surface area contributed by atoms with Crippen LogP contribution in [0.3, 0.4) is 0 Å². The van der Waals surface area contributed by atoms with Gasteiger partial charge in [-0.3, -0.25) is 15.2 Å². The predicted octanol–water partition coefficient (Wildman–Crippen LogP) is 2.03. The first kappa shape index (κ1) is 15.1. The van der Waals surface area contributed by atoms with E-state index in [1.165, 1.54) is 0 Å². The number of methoxy groups -OCH3 is 1. The standard InChI is InChI=1S/C14H18N4O3/c1-10-3-4-11(7-13(10)18(19)20)14-12(9-16-17-14)8-15-5-6-21-2/h3-4,7,9,15H,5-6,8H2,1-2H3,(H,16,17). The third kappa shape index (κ3) is 3.65. The number of hydrogen-bond acceptors (Lipinski definition) is 5. The van der Waals surface area contributed by atoms with Crippen molar-refractivity contribution in [2.75, 3.05) is 20.3 Å². The van der Waals surface area contributed by atoms with Crippen LogP contribution in [-0.4, -0.2) is 35.4 Å². The van der Waals surface area contributed by atoms with Gasteiger partial charge in [0.1, 0.15) is 0 Å². The number of aryl methyl sites for hydroxylation is 1. The van der Waals surface area contributed by atoms with E-state index in [2.05, 4.69) is 15.5 Å². The number of aromatic amines is 1. The molecule has 0 amide bonds. The van der Waals surface area contributed by atoms with Crippen LogP contribution in [0.15, 0.2) is 24.4 Å². The lowest BCUT2D eigenvalue weighted by molar-refractivity contribution is -0.385. The molecule has 2 rings (SSSR count). The van der Waals surface area contributed by atoms with Gasteiger partial charge in [0.25, 0.3) is 5.69 Å². The first-order chi connectivity index (χ1) is 10.1. The van der Waals surface area contributed by atoms with Crippen LogP contribution in [0.1, 0.15) is 11.1 Å². The van der Waals surface area contributed by atoms with Gasteiger partial charge in [0, 0.05) is 43.0 Å². The first-order valence-corrected chi connectivity index (χ1v) is 6.60. The van der Waals surface area contributed by atoms with Crippen molar-refractivity contribution in [2.45, 2.75) is 13.5 Å². The molecule has 0 aliphatic heterocycles. The highest BCUT2D eigenvalue weighted by atomic mass is 16.6. The van der Waals surface area contributed by atoms with Crippen molar-refractivity contribution >= 4 is 5.69 Å². The second-order valence-corrected chi connectivity index (χ2v) is 4.70. The van der Waals surface area contributed by atoms with Crippen molar-refractivity contribution in [2.24, 2.45) is 0 Å². The van der Waals surface area contributed by atoms with Crippen molar-refractivity contribution in [3.8, 4) is 11.3 Å². The summed E-state index contributed by atoms with van der Waals surface area (Å²) in [5.41, 5.74) is 3.27. The Bertz CT molecular complexity index is 624. The van der Waals surface area contributed by atoms with Gasteiger partial charge < -0.3 is 10.1 Å². The number of ether oxygens (including phenoxy) is 1. The van der Waals surface area contributed by atoms with Crippen molar-refractivity contribution < 1.29 is 9.66 Å². The van der Waals surface area contributed by atoms with Gasteiger partial charge in [-0.1, -0.05) is 12.1 Å². The summed E-state index contributed by atoms with van der Waals surface area (Å²) in [5.74, 6) is 0. The van der Waals surface area contributed by atoms with Crippen molar-refractivity contribution in [3.05, 3.63) is 45.6 Å². The minimum Gasteiger partial charge on any atom is -0.383 e. The Morgan fingerprint density at radius 2 is 2.29 bits per heavy atom. The second-order valence-electron chi connectivity index (χ2n) is 4.70. The van der Waals surface area contributed by atoms with Crippen LogP contribution in [0.4, 0.5) is 5.69 Å². The highest BCUT2D eigenvalue weighted by molar-refractivity contribution is 5.66. The quantitative estimate of drug-likeness (QED) is 0.462. The summed E-state index contributed by atoms with van der Waals surface area (Å²) >= 11 is 0. The van der Waals surface area contributed by atoms with Gasteiger partial charge in [-0.25, -0.2) is 0 Å². The van der Waals surface area contributed by atoms with E-state index in [0.29, 0.717) is 18.7 Å². The van der Waals surface area contributed by atoms with E-state index in [9.17, 15) is 10.1 Å². The van der Waals surface area contributed by atoms with E-state index in [0.717, 1.165) is 23.4 Å². The molecule has 0 fully saturated rings. The molecule has 0 aliphatic carbocycles. The van der Waals surface area contributed by atoms with E-state index in [1.807, 2.05) is 6.07 Å². The summed E-state index contributed by atoms with van der Waals surface area (Å²) in [4.78, 5) is 10.7. The maximum Gasteiger partial charge on any atom is 0.272 e. The number of aromatic nitrogens is 2. The van der Waals surface area contributed by atoms with Crippen LogP contribution in [0.5, 0.6) is 0 Å². The highest BCUT2D eigenvalue weighted by Gasteiger charge is 2.14. The molecule has 0 atom stereocenters. The molecule has 0 saturated carbocycles. The largest absolute Gasteiger partial charge is 0.383 e. The molecule has 7 heteroatoms. The van der Waals surface area contributed by atoms with Gasteiger partial charge in [-0.2, -0.15) is 5.10 Å². The Kier molecular flexibility index (Phi) is 5.02. The molecule has 1 heterocycles. The minimum absolute atomic E-state index is 0.111. The van der Waals surface area contributed by atoms with Gasteiger partial charge in [-0.05, 0) is 6.92 Å². The molecule has 0 radical (unpaired) electrons. The Morgan fingerprint density at radius 1 is 1.48 bits per heavy atom. The molecule has 0 spiro atoms. The zero-order valence-corrected chi connectivity index (χ0v) is 12.0. The Hall–Kier alpha value is -2.25.